The van der Waals surface area contributed by atoms with Crippen LogP contribution in [0.15, 0.2) is 42.7 Å². The molecule has 0 bridgehead atoms. The van der Waals surface area contributed by atoms with Crippen LogP contribution < -0.4 is 10.1 Å². The molecule has 0 spiro atoms. The van der Waals surface area contributed by atoms with Crippen LogP contribution in [0.2, 0.25) is 0 Å². The fourth-order valence-corrected chi connectivity index (χ4v) is 3.65. The molecule has 0 unspecified atom stereocenters. The molecule has 23 heavy (non-hydrogen) atoms. The quantitative estimate of drug-likeness (QED) is 0.771. The minimum Gasteiger partial charge on any atom is -0.497 e. The zero-order chi connectivity index (χ0) is 15.8. The second-order valence-electron chi connectivity index (χ2n) is 5.90. The lowest BCUT2D eigenvalue weighted by atomic mass is 10.2. The average Bonchev–Trinajstić information content (AvgIpc) is 3.23. The van der Waals surface area contributed by atoms with Gasteiger partial charge in [-0.25, -0.2) is 0 Å². The average molecular weight is 326 g/mol. The summed E-state index contributed by atoms with van der Waals surface area (Å²) in [6.45, 7) is 0.521. The minimum absolute atomic E-state index is 0.0139. The van der Waals surface area contributed by atoms with Gasteiger partial charge in [0.15, 0.2) is 0 Å². The molecule has 2 aromatic heterocycles. The van der Waals surface area contributed by atoms with Crippen molar-refractivity contribution in [2.24, 2.45) is 0 Å². The number of carbonyl (C=O) groups is 1. The SMILES string of the molecule is COc1ccc(CNC(=O)c2cc3cn(C4CC4)cc3s2)cc1. The van der Waals surface area contributed by atoms with Gasteiger partial charge in [0.25, 0.3) is 5.91 Å². The number of hydrogen-bond acceptors (Lipinski definition) is 3. The van der Waals surface area contributed by atoms with Crippen LogP contribution in [0.25, 0.3) is 10.1 Å². The summed E-state index contributed by atoms with van der Waals surface area (Å²) in [6, 6.07) is 10.4. The van der Waals surface area contributed by atoms with Crippen LogP contribution >= 0.6 is 11.3 Å². The molecule has 1 amide bonds. The van der Waals surface area contributed by atoms with Crippen molar-refractivity contribution < 1.29 is 9.53 Å². The van der Waals surface area contributed by atoms with E-state index in [1.165, 1.54) is 17.5 Å². The molecule has 1 aliphatic rings. The molecular formula is C18H18N2O2S. The van der Waals surface area contributed by atoms with E-state index >= 15 is 0 Å². The molecule has 2 heterocycles. The number of hydrogen-bond donors (Lipinski definition) is 1. The van der Waals surface area contributed by atoms with Gasteiger partial charge >= 0.3 is 0 Å². The summed E-state index contributed by atoms with van der Waals surface area (Å²) in [5.74, 6) is 0.807. The summed E-state index contributed by atoms with van der Waals surface area (Å²) in [5, 5.41) is 4.14. The predicted octanol–water partition coefficient (Wildman–Crippen LogP) is 3.98. The predicted molar refractivity (Wildman–Crippen MR) is 92.3 cm³/mol. The highest BCUT2D eigenvalue weighted by molar-refractivity contribution is 7.20. The van der Waals surface area contributed by atoms with Crippen molar-refractivity contribution in [1.29, 1.82) is 0 Å². The van der Waals surface area contributed by atoms with Crippen LogP contribution in [0.5, 0.6) is 5.75 Å². The van der Waals surface area contributed by atoms with Gasteiger partial charge in [0.1, 0.15) is 5.75 Å². The first-order valence-electron chi connectivity index (χ1n) is 7.75. The van der Waals surface area contributed by atoms with Crippen LogP contribution in [0.4, 0.5) is 0 Å². The maximum absolute atomic E-state index is 12.3. The summed E-state index contributed by atoms with van der Waals surface area (Å²) in [5.41, 5.74) is 1.06. The first-order chi connectivity index (χ1) is 11.2. The number of fused-ring (bicyclic) bond motifs is 1. The highest BCUT2D eigenvalue weighted by Crippen LogP contribution is 2.38. The number of methoxy groups -OCH3 is 1. The van der Waals surface area contributed by atoms with Gasteiger partial charge in [-0.3, -0.25) is 4.79 Å². The van der Waals surface area contributed by atoms with E-state index < -0.39 is 0 Å². The zero-order valence-corrected chi connectivity index (χ0v) is 13.7. The van der Waals surface area contributed by atoms with Crippen molar-refractivity contribution in [2.45, 2.75) is 25.4 Å². The number of carbonyl (C=O) groups excluding carboxylic acids is 1. The van der Waals surface area contributed by atoms with Gasteiger partial charge in [0.05, 0.1) is 16.7 Å². The lowest BCUT2D eigenvalue weighted by Crippen LogP contribution is -2.21. The highest BCUT2D eigenvalue weighted by atomic mass is 32.1. The maximum atomic E-state index is 12.3. The lowest BCUT2D eigenvalue weighted by molar-refractivity contribution is 0.0955. The summed E-state index contributed by atoms with van der Waals surface area (Å²) in [4.78, 5) is 13.1. The van der Waals surface area contributed by atoms with Crippen molar-refractivity contribution in [3.8, 4) is 5.75 Å². The molecule has 1 N–H and O–H groups in total. The van der Waals surface area contributed by atoms with E-state index in [9.17, 15) is 4.79 Å². The molecule has 4 nitrogen and oxygen atoms in total. The molecule has 1 aliphatic carbocycles. The molecule has 1 saturated carbocycles. The third kappa shape index (κ3) is 2.97. The fourth-order valence-electron chi connectivity index (χ4n) is 2.66. The second kappa shape index (κ2) is 5.74. The van der Waals surface area contributed by atoms with Gasteiger partial charge in [0.2, 0.25) is 0 Å². The molecular weight excluding hydrogens is 308 g/mol. The molecule has 1 fully saturated rings. The van der Waals surface area contributed by atoms with Gasteiger partial charge in [-0.1, -0.05) is 12.1 Å². The van der Waals surface area contributed by atoms with Crippen LogP contribution in [-0.2, 0) is 6.54 Å². The van der Waals surface area contributed by atoms with E-state index in [1.54, 1.807) is 18.4 Å². The number of ether oxygens (including phenoxy) is 1. The summed E-state index contributed by atoms with van der Waals surface area (Å²) < 4.78 is 8.60. The largest absolute Gasteiger partial charge is 0.497 e. The fraction of sp³-hybridized carbons (Fsp3) is 0.278. The Labute approximate surface area is 138 Å². The molecule has 1 aromatic carbocycles. The molecule has 0 radical (unpaired) electrons. The number of benzene rings is 1. The number of rotatable bonds is 5. The Morgan fingerprint density at radius 2 is 2.09 bits per heavy atom. The Kier molecular flexibility index (Phi) is 3.58. The molecule has 0 atom stereocenters. The monoisotopic (exact) mass is 326 g/mol. The van der Waals surface area contributed by atoms with E-state index in [-0.39, 0.29) is 5.91 Å². The van der Waals surface area contributed by atoms with E-state index in [0.29, 0.717) is 12.6 Å². The third-order valence-electron chi connectivity index (χ3n) is 4.15. The number of aromatic nitrogens is 1. The first kappa shape index (κ1) is 14.3. The number of nitrogens with zero attached hydrogens (tertiary/aromatic N) is 1. The van der Waals surface area contributed by atoms with E-state index in [4.69, 9.17) is 4.74 Å². The van der Waals surface area contributed by atoms with Gasteiger partial charge < -0.3 is 14.6 Å². The van der Waals surface area contributed by atoms with E-state index in [2.05, 4.69) is 22.3 Å². The number of amides is 1. The highest BCUT2D eigenvalue weighted by Gasteiger charge is 2.24. The smallest absolute Gasteiger partial charge is 0.261 e. The summed E-state index contributed by atoms with van der Waals surface area (Å²) in [6.07, 6.45) is 6.87. The lowest BCUT2D eigenvalue weighted by Gasteiger charge is -2.05. The Morgan fingerprint density at radius 1 is 1.30 bits per heavy atom. The Bertz CT molecular complexity index is 812. The molecule has 5 heteroatoms. The van der Waals surface area contributed by atoms with Crippen molar-refractivity contribution in [3.63, 3.8) is 0 Å². The Balaban J connectivity index is 1.42. The second-order valence-corrected chi connectivity index (χ2v) is 6.98. The molecule has 3 aromatic rings. The first-order valence-corrected chi connectivity index (χ1v) is 8.57. The summed E-state index contributed by atoms with van der Waals surface area (Å²) in [7, 11) is 1.64. The normalized spacial score (nSPS) is 14.1. The van der Waals surface area contributed by atoms with Crippen LogP contribution in [-0.4, -0.2) is 17.6 Å². The Morgan fingerprint density at radius 3 is 2.74 bits per heavy atom. The van der Waals surface area contributed by atoms with Crippen molar-refractivity contribution in [3.05, 3.63) is 53.2 Å². The van der Waals surface area contributed by atoms with Gasteiger partial charge in [-0.05, 0) is 36.6 Å². The van der Waals surface area contributed by atoms with Crippen molar-refractivity contribution in [2.75, 3.05) is 7.11 Å². The number of nitrogens with one attached hydrogen (secondary N) is 1. The van der Waals surface area contributed by atoms with Crippen LogP contribution in [0, 0.1) is 0 Å². The Hall–Kier alpha value is -2.27. The van der Waals surface area contributed by atoms with E-state index in [0.717, 1.165) is 21.6 Å². The number of thiophene rings is 1. The maximum Gasteiger partial charge on any atom is 0.261 e. The van der Waals surface area contributed by atoms with Gasteiger partial charge in [-0.2, -0.15) is 0 Å². The third-order valence-corrected chi connectivity index (χ3v) is 5.23. The zero-order valence-electron chi connectivity index (χ0n) is 12.9. The molecule has 0 saturated heterocycles. The standard InChI is InChI=1S/C18H18N2O2S/c1-22-15-6-2-12(3-7-15)9-19-18(21)16-8-13-10-20(14-4-5-14)11-17(13)23-16/h2-3,6-8,10-11,14H,4-5,9H2,1H3,(H,19,21). The van der Waals surface area contributed by atoms with Crippen molar-refractivity contribution in [1.82, 2.24) is 9.88 Å². The summed E-state index contributed by atoms with van der Waals surface area (Å²) >= 11 is 1.56. The van der Waals surface area contributed by atoms with Crippen LogP contribution in [0.3, 0.4) is 0 Å². The van der Waals surface area contributed by atoms with Crippen molar-refractivity contribution >= 4 is 27.3 Å². The molecule has 118 valence electrons. The topological polar surface area (TPSA) is 43.3 Å². The minimum atomic E-state index is -0.0139. The van der Waals surface area contributed by atoms with Crippen LogP contribution in [0.1, 0.15) is 34.1 Å². The molecule has 0 aliphatic heterocycles. The van der Waals surface area contributed by atoms with E-state index in [1.807, 2.05) is 30.3 Å². The van der Waals surface area contributed by atoms with Gasteiger partial charge in [0, 0.05) is 30.4 Å². The molecule has 4 rings (SSSR count). The van der Waals surface area contributed by atoms with Gasteiger partial charge in [-0.15, -0.1) is 11.3 Å².